The Morgan fingerprint density at radius 3 is 2.58 bits per heavy atom. The number of nitrogens with zero attached hydrogens (tertiary/aromatic N) is 6. The first kappa shape index (κ1) is 24.2. The molecule has 0 saturated carbocycles. The number of likely N-dealkylation sites (tertiary alicyclic amines) is 1. The number of carbonyl (C=O) groups excluding carboxylic acids is 1. The fourth-order valence-corrected chi connectivity index (χ4v) is 5.16. The third kappa shape index (κ3) is 4.75. The highest BCUT2D eigenvalue weighted by Gasteiger charge is 2.19. The lowest BCUT2D eigenvalue weighted by Crippen LogP contribution is -2.18. The molecule has 0 bridgehead atoms. The molecule has 6 rings (SSSR count). The molecule has 3 aromatic heterocycles. The SMILES string of the molecule is Cc1nc(-c2ccc(F)cc2)c(-c2ccc3nc(CC(=O)c4cccc(CN5CCCC5)c4)cn3n2)n1C. The zero-order valence-electron chi connectivity index (χ0n) is 21.6. The van der Waals surface area contributed by atoms with E-state index < -0.39 is 0 Å². The van der Waals surface area contributed by atoms with E-state index in [1.807, 2.05) is 55.1 Å². The number of hydrogen-bond donors (Lipinski definition) is 0. The van der Waals surface area contributed by atoms with Crippen molar-refractivity contribution in [3.63, 3.8) is 0 Å². The van der Waals surface area contributed by atoms with Crippen LogP contribution in [0, 0.1) is 12.7 Å². The maximum atomic E-state index is 13.5. The van der Waals surface area contributed by atoms with Crippen molar-refractivity contribution in [1.29, 1.82) is 0 Å². The third-order valence-electron chi connectivity index (χ3n) is 7.24. The second-order valence-electron chi connectivity index (χ2n) is 9.96. The van der Waals surface area contributed by atoms with Gasteiger partial charge in [-0.15, -0.1) is 0 Å². The highest BCUT2D eigenvalue weighted by molar-refractivity contribution is 5.97. The van der Waals surface area contributed by atoms with Crippen molar-refractivity contribution in [3.05, 3.63) is 95.3 Å². The Hall–Kier alpha value is -4.17. The predicted octanol–water partition coefficient (Wildman–Crippen LogP) is 5.27. The van der Waals surface area contributed by atoms with Gasteiger partial charge in [0.15, 0.2) is 11.4 Å². The van der Waals surface area contributed by atoms with E-state index in [1.165, 1.54) is 30.5 Å². The number of fused-ring (bicyclic) bond motifs is 1. The second-order valence-corrected chi connectivity index (χ2v) is 9.96. The average molecular weight is 509 g/mol. The van der Waals surface area contributed by atoms with Crippen LogP contribution in [0.1, 0.15) is 40.3 Å². The van der Waals surface area contributed by atoms with Gasteiger partial charge in [0.05, 0.1) is 29.7 Å². The van der Waals surface area contributed by atoms with Gasteiger partial charge in [-0.3, -0.25) is 9.69 Å². The Morgan fingerprint density at radius 2 is 1.79 bits per heavy atom. The number of rotatable bonds is 7. The molecular formula is C30H29FN6O. The molecule has 0 unspecified atom stereocenters. The number of benzene rings is 2. The zero-order chi connectivity index (χ0) is 26.2. The molecule has 0 amide bonds. The summed E-state index contributed by atoms with van der Waals surface area (Å²) < 4.78 is 17.2. The van der Waals surface area contributed by atoms with Crippen molar-refractivity contribution in [1.82, 2.24) is 29.0 Å². The van der Waals surface area contributed by atoms with E-state index in [-0.39, 0.29) is 18.0 Å². The number of ketones is 1. The molecule has 1 aliphatic heterocycles. The van der Waals surface area contributed by atoms with Crippen LogP contribution in [-0.4, -0.2) is 47.9 Å². The molecule has 7 nitrogen and oxygen atoms in total. The molecule has 8 heteroatoms. The minimum Gasteiger partial charge on any atom is -0.330 e. The number of imidazole rings is 2. The Bertz CT molecular complexity index is 1630. The number of aryl methyl sites for hydroxylation is 1. The van der Waals surface area contributed by atoms with Gasteiger partial charge in [-0.1, -0.05) is 18.2 Å². The van der Waals surface area contributed by atoms with E-state index in [0.29, 0.717) is 22.6 Å². The summed E-state index contributed by atoms with van der Waals surface area (Å²) in [4.78, 5) is 24.9. The van der Waals surface area contributed by atoms with Crippen LogP contribution in [-0.2, 0) is 20.0 Å². The van der Waals surface area contributed by atoms with Gasteiger partial charge >= 0.3 is 0 Å². The smallest absolute Gasteiger partial charge is 0.168 e. The summed E-state index contributed by atoms with van der Waals surface area (Å²) in [6.45, 7) is 5.06. The molecular weight excluding hydrogens is 479 g/mol. The van der Waals surface area contributed by atoms with E-state index >= 15 is 0 Å². The fourth-order valence-electron chi connectivity index (χ4n) is 5.16. The first-order valence-electron chi connectivity index (χ1n) is 12.9. The van der Waals surface area contributed by atoms with Crippen molar-refractivity contribution in [2.45, 2.75) is 32.7 Å². The molecule has 0 spiro atoms. The van der Waals surface area contributed by atoms with Crippen molar-refractivity contribution in [2.24, 2.45) is 7.05 Å². The highest BCUT2D eigenvalue weighted by atomic mass is 19.1. The van der Waals surface area contributed by atoms with E-state index in [2.05, 4.69) is 16.0 Å². The van der Waals surface area contributed by atoms with E-state index in [0.717, 1.165) is 42.4 Å². The minimum absolute atomic E-state index is 0.0396. The average Bonchev–Trinajstić information content (AvgIpc) is 3.64. The van der Waals surface area contributed by atoms with Gasteiger partial charge < -0.3 is 4.57 Å². The topological polar surface area (TPSA) is 68.3 Å². The largest absolute Gasteiger partial charge is 0.330 e. The van der Waals surface area contributed by atoms with E-state index in [1.54, 1.807) is 16.6 Å². The van der Waals surface area contributed by atoms with Crippen molar-refractivity contribution >= 4 is 11.4 Å². The normalized spacial score (nSPS) is 14.0. The molecule has 0 radical (unpaired) electrons. The number of carbonyl (C=O) groups is 1. The van der Waals surface area contributed by atoms with Crippen LogP contribution in [0.3, 0.4) is 0 Å². The molecule has 0 atom stereocenters. The minimum atomic E-state index is -0.290. The highest BCUT2D eigenvalue weighted by Crippen LogP contribution is 2.31. The van der Waals surface area contributed by atoms with Crippen molar-refractivity contribution in [2.75, 3.05) is 13.1 Å². The van der Waals surface area contributed by atoms with Crippen LogP contribution in [0.2, 0.25) is 0 Å². The summed E-state index contributed by atoms with van der Waals surface area (Å²) in [5.41, 5.74) is 6.31. The molecule has 0 aliphatic carbocycles. The fraction of sp³-hybridized carbons (Fsp3) is 0.267. The predicted molar refractivity (Wildman–Crippen MR) is 144 cm³/mol. The molecule has 4 heterocycles. The maximum Gasteiger partial charge on any atom is 0.168 e. The second kappa shape index (κ2) is 9.95. The molecule has 5 aromatic rings. The van der Waals surface area contributed by atoms with Gasteiger partial charge in [0, 0.05) is 24.7 Å². The first-order chi connectivity index (χ1) is 18.4. The lowest BCUT2D eigenvalue weighted by molar-refractivity contribution is 0.0992. The van der Waals surface area contributed by atoms with Gasteiger partial charge in [-0.25, -0.2) is 18.9 Å². The summed E-state index contributed by atoms with van der Waals surface area (Å²) in [6, 6.07) is 18.0. The Balaban J connectivity index is 1.26. The molecule has 1 saturated heterocycles. The van der Waals surface area contributed by atoms with Crippen LogP contribution < -0.4 is 0 Å². The summed E-state index contributed by atoms with van der Waals surface area (Å²) in [6.07, 6.45) is 4.51. The summed E-state index contributed by atoms with van der Waals surface area (Å²) in [7, 11) is 1.94. The van der Waals surface area contributed by atoms with Gasteiger partial charge in [0.2, 0.25) is 0 Å². The molecule has 2 aromatic carbocycles. The Labute approximate surface area is 220 Å². The standard InChI is InChI=1S/C30H29FN6O/c1-20-32-29(22-8-10-24(31)11-9-22)30(35(20)2)26-12-13-28-33-25(19-37(28)34-26)17-27(38)23-7-5-6-21(16-23)18-36-14-3-4-15-36/h5-13,16,19H,3-4,14-15,17-18H2,1-2H3. The van der Waals surface area contributed by atoms with Crippen LogP contribution >= 0.6 is 0 Å². The summed E-state index contributed by atoms with van der Waals surface area (Å²) >= 11 is 0. The Morgan fingerprint density at radius 1 is 1.00 bits per heavy atom. The lowest BCUT2D eigenvalue weighted by atomic mass is 10.0. The molecule has 192 valence electrons. The zero-order valence-corrected chi connectivity index (χ0v) is 21.6. The molecule has 38 heavy (non-hydrogen) atoms. The quantitative estimate of drug-likeness (QED) is 0.280. The molecule has 1 fully saturated rings. The number of halogens is 1. The number of aromatic nitrogens is 5. The van der Waals surface area contributed by atoms with Gasteiger partial charge in [0.25, 0.3) is 0 Å². The van der Waals surface area contributed by atoms with Gasteiger partial charge in [-0.05, 0) is 80.9 Å². The van der Waals surface area contributed by atoms with Crippen molar-refractivity contribution in [3.8, 4) is 22.6 Å². The first-order valence-corrected chi connectivity index (χ1v) is 12.9. The van der Waals surface area contributed by atoms with Crippen LogP contribution in [0.15, 0.2) is 66.9 Å². The van der Waals surface area contributed by atoms with E-state index in [9.17, 15) is 9.18 Å². The maximum absolute atomic E-state index is 13.5. The van der Waals surface area contributed by atoms with Crippen LogP contribution in [0.5, 0.6) is 0 Å². The molecule has 0 N–H and O–H groups in total. The van der Waals surface area contributed by atoms with Crippen LogP contribution in [0.25, 0.3) is 28.3 Å². The summed E-state index contributed by atoms with van der Waals surface area (Å²) in [5.74, 6) is 0.573. The molecule has 1 aliphatic rings. The van der Waals surface area contributed by atoms with Crippen LogP contribution in [0.4, 0.5) is 4.39 Å². The monoisotopic (exact) mass is 508 g/mol. The lowest BCUT2D eigenvalue weighted by Gasteiger charge is -2.14. The van der Waals surface area contributed by atoms with Gasteiger partial charge in [0.1, 0.15) is 17.3 Å². The van der Waals surface area contributed by atoms with E-state index in [4.69, 9.17) is 10.1 Å². The summed E-state index contributed by atoms with van der Waals surface area (Å²) in [5, 5.41) is 4.80. The number of hydrogen-bond acceptors (Lipinski definition) is 5. The third-order valence-corrected chi connectivity index (χ3v) is 7.24. The van der Waals surface area contributed by atoms with Gasteiger partial charge in [-0.2, -0.15) is 5.10 Å². The number of Topliss-reactive ketones (excluding diaryl/α,β-unsaturated/α-hetero) is 1. The van der Waals surface area contributed by atoms with Crippen molar-refractivity contribution < 1.29 is 9.18 Å². The Kier molecular flexibility index (Phi) is 6.33.